The molecule has 2 amide bonds. The van der Waals surface area contributed by atoms with Gasteiger partial charge < -0.3 is 20.6 Å². The second-order valence-corrected chi connectivity index (χ2v) is 5.55. The molecule has 0 aromatic heterocycles. The van der Waals surface area contributed by atoms with E-state index in [0.29, 0.717) is 5.69 Å². The summed E-state index contributed by atoms with van der Waals surface area (Å²) >= 11 is 0. The van der Waals surface area contributed by atoms with Crippen LogP contribution in [-0.2, 0) is 4.79 Å². The SMILES string of the molecule is CN(C)c1ccccc1NC(=O)NC(CC(=O)O)C1CC1. The normalized spacial score (nSPS) is 15.1. The highest BCUT2D eigenvalue weighted by Crippen LogP contribution is 2.34. The monoisotopic (exact) mass is 291 g/mol. The third kappa shape index (κ3) is 4.37. The lowest BCUT2D eigenvalue weighted by Gasteiger charge is -2.20. The van der Waals surface area contributed by atoms with E-state index in [9.17, 15) is 9.59 Å². The maximum atomic E-state index is 12.1. The summed E-state index contributed by atoms with van der Waals surface area (Å²) in [5.41, 5.74) is 1.60. The number of hydrogen-bond donors (Lipinski definition) is 3. The van der Waals surface area contributed by atoms with Gasteiger partial charge in [0.15, 0.2) is 0 Å². The predicted octanol–water partition coefficient (Wildman–Crippen LogP) is 2.13. The number of carboxylic acids is 1. The van der Waals surface area contributed by atoms with Crippen LogP contribution in [0, 0.1) is 5.92 Å². The van der Waals surface area contributed by atoms with Crippen molar-refractivity contribution in [3.63, 3.8) is 0 Å². The zero-order chi connectivity index (χ0) is 15.4. The summed E-state index contributed by atoms with van der Waals surface area (Å²) in [4.78, 5) is 24.8. The number of anilines is 2. The molecule has 6 nitrogen and oxygen atoms in total. The van der Waals surface area contributed by atoms with Crippen LogP contribution in [-0.4, -0.2) is 37.2 Å². The van der Waals surface area contributed by atoms with Gasteiger partial charge in [0, 0.05) is 20.1 Å². The number of carbonyl (C=O) groups is 2. The standard InChI is InChI=1S/C15H21N3O3/c1-18(2)13-6-4-3-5-11(13)16-15(21)17-12(9-14(19)20)10-7-8-10/h3-6,10,12H,7-9H2,1-2H3,(H,19,20)(H2,16,17,21). The second kappa shape index (κ2) is 6.47. The van der Waals surface area contributed by atoms with Crippen LogP contribution in [0.3, 0.4) is 0 Å². The average Bonchev–Trinajstić information content (AvgIpc) is 3.21. The van der Waals surface area contributed by atoms with Crippen molar-refractivity contribution in [1.29, 1.82) is 0 Å². The Morgan fingerprint density at radius 3 is 2.57 bits per heavy atom. The van der Waals surface area contributed by atoms with E-state index in [2.05, 4.69) is 10.6 Å². The first-order valence-electron chi connectivity index (χ1n) is 7.03. The molecular weight excluding hydrogens is 270 g/mol. The zero-order valence-corrected chi connectivity index (χ0v) is 12.3. The van der Waals surface area contributed by atoms with Gasteiger partial charge in [0.1, 0.15) is 0 Å². The number of nitrogens with one attached hydrogen (secondary N) is 2. The first-order chi connectivity index (χ1) is 9.97. The Labute approximate surface area is 124 Å². The highest BCUT2D eigenvalue weighted by Gasteiger charge is 2.33. The lowest BCUT2D eigenvalue weighted by Crippen LogP contribution is -2.40. The van der Waals surface area contributed by atoms with E-state index in [1.807, 2.05) is 43.3 Å². The fraction of sp³-hybridized carbons (Fsp3) is 0.467. The maximum absolute atomic E-state index is 12.1. The van der Waals surface area contributed by atoms with Crippen molar-refractivity contribution < 1.29 is 14.7 Å². The second-order valence-electron chi connectivity index (χ2n) is 5.55. The number of amides is 2. The molecule has 1 fully saturated rings. The molecule has 1 aromatic rings. The lowest BCUT2D eigenvalue weighted by atomic mass is 10.1. The largest absolute Gasteiger partial charge is 0.481 e. The Morgan fingerprint density at radius 1 is 1.33 bits per heavy atom. The van der Waals surface area contributed by atoms with Crippen LogP contribution in [0.15, 0.2) is 24.3 Å². The molecule has 0 saturated heterocycles. The number of para-hydroxylation sites is 2. The molecule has 6 heteroatoms. The summed E-state index contributed by atoms with van der Waals surface area (Å²) in [5, 5.41) is 14.5. The summed E-state index contributed by atoms with van der Waals surface area (Å²) < 4.78 is 0. The Morgan fingerprint density at radius 2 is 2.00 bits per heavy atom. The number of hydrogen-bond acceptors (Lipinski definition) is 3. The summed E-state index contributed by atoms with van der Waals surface area (Å²) in [5.74, 6) is -0.600. The predicted molar refractivity (Wildman–Crippen MR) is 81.7 cm³/mol. The van der Waals surface area contributed by atoms with E-state index in [1.54, 1.807) is 0 Å². The van der Waals surface area contributed by atoms with Crippen LogP contribution in [0.25, 0.3) is 0 Å². The molecule has 1 saturated carbocycles. The van der Waals surface area contributed by atoms with Crippen molar-refractivity contribution in [2.24, 2.45) is 5.92 Å². The lowest BCUT2D eigenvalue weighted by molar-refractivity contribution is -0.137. The fourth-order valence-electron chi connectivity index (χ4n) is 2.32. The van der Waals surface area contributed by atoms with Gasteiger partial charge in [-0.1, -0.05) is 12.1 Å². The number of aliphatic carboxylic acids is 1. The number of urea groups is 1. The van der Waals surface area contributed by atoms with E-state index < -0.39 is 5.97 Å². The average molecular weight is 291 g/mol. The van der Waals surface area contributed by atoms with Gasteiger partial charge in [0.05, 0.1) is 17.8 Å². The van der Waals surface area contributed by atoms with Gasteiger partial charge >= 0.3 is 12.0 Å². The van der Waals surface area contributed by atoms with Crippen LogP contribution < -0.4 is 15.5 Å². The quantitative estimate of drug-likeness (QED) is 0.750. The molecule has 0 spiro atoms. The number of benzene rings is 1. The van der Waals surface area contributed by atoms with Crippen molar-refractivity contribution in [2.75, 3.05) is 24.3 Å². The molecule has 0 heterocycles. The van der Waals surface area contributed by atoms with Gasteiger partial charge in [-0.05, 0) is 30.9 Å². The first kappa shape index (κ1) is 15.2. The van der Waals surface area contributed by atoms with Gasteiger partial charge in [0.2, 0.25) is 0 Å². The summed E-state index contributed by atoms with van der Waals surface area (Å²) in [6.45, 7) is 0. The molecular formula is C15H21N3O3. The molecule has 3 N–H and O–H groups in total. The van der Waals surface area contributed by atoms with E-state index >= 15 is 0 Å². The van der Waals surface area contributed by atoms with Crippen molar-refractivity contribution in [3.05, 3.63) is 24.3 Å². The van der Waals surface area contributed by atoms with Crippen LogP contribution >= 0.6 is 0 Å². The van der Waals surface area contributed by atoms with Gasteiger partial charge in [-0.2, -0.15) is 0 Å². The molecule has 21 heavy (non-hydrogen) atoms. The third-order valence-corrected chi connectivity index (χ3v) is 3.54. The van der Waals surface area contributed by atoms with Crippen molar-refractivity contribution in [1.82, 2.24) is 5.32 Å². The molecule has 0 aliphatic heterocycles. The minimum atomic E-state index is -0.888. The van der Waals surface area contributed by atoms with E-state index in [4.69, 9.17) is 5.11 Å². The maximum Gasteiger partial charge on any atom is 0.319 e. The Bertz CT molecular complexity index is 527. The molecule has 0 radical (unpaired) electrons. The first-order valence-corrected chi connectivity index (χ1v) is 7.03. The fourth-order valence-corrected chi connectivity index (χ4v) is 2.32. The molecule has 2 rings (SSSR count). The van der Waals surface area contributed by atoms with Crippen LogP contribution in [0.4, 0.5) is 16.2 Å². The summed E-state index contributed by atoms with van der Waals surface area (Å²) in [6.07, 6.45) is 1.92. The Balaban J connectivity index is 1.99. The summed E-state index contributed by atoms with van der Waals surface area (Å²) in [7, 11) is 3.80. The molecule has 1 aromatic carbocycles. The number of carbonyl (C=O) groups excluding carboxylic acids is 1. The molecule has 1 atom stereocenters. The van der Waals surface area contributed by atoms with Gasteiger partial charge in [-0.3, -0.25) is 4.79 Å². The van der Waals surface area contributed by atoms with Gasteiger partial charge in [-0.15, -0.1) is 0 Å². The van der Waals surface area contributed by atoms with Crippen molar-refractivity contribution >= 4 is 23.4 Å². The third-order valence-electron chi connectivity index (χ3n) is 3.54. The minimum Gasteiger partial charge on any atom is -0.481 e. The van der Waals surface area contributed by atoms with E-state index in [1.165, 1.54) is 0 Å². The molecule has 0 bridgehead atoms. The van der Waals surface area contributed by atoms with Gasteiger partial charge in [-0.25, -0.2) is 4.79 Å². The highest BCUT2D eigenvalue weighted by molar-refractivity contribution is 5.93. The van der Waals surface area contributed by atoms with Crippen molar-refractivity contribution in [3.8, 4) is 0 Å². The number of nitrogens with zero attached hydrogens (tertiary/aromatic N) is 1. The highest BCUT2D eigenvalue weighted by atomic mass is 16.4. The molecule has 1 aliphatic carbocycles. The molecule has 114 valence electrons. The Hall–Kier alpha value is -2.24. The molecule has 1 unspecified atom stereocenters. The topological polar surface area (TPSA) is 81.7 Å². The van der Waals surface area contributed by atoms with Crippen LogP contribution in [0.2, 0.25) is 0 Å². The van der Waals surface area contributed by atoms with E-state index in [0.717, 1.165) is 18.5 Å². The zero-order valence-electron chi connectivity index (χ0n) is 12.3. The van der Waals surface area contributed by atoms with Gasteiger partial charge in [0.25, 0.3) is 0 Å². The molecule has 1 aliphatic rings. The smallest absolute Gasteiger partial charge is 0.319 e. The summed E-state index contributed by atoms with van der Waals surface area (Å²) in [6, 6.07) is 6.81. The van der Waals surface area contributed by atoms with E-state index in [-0.39, 0.29) is 24.4 Å². The van der Waals surface area contributed by atoms with Crippen LogP contribution in [0.1, 0.15) is 19.3 Å². The number of rotatable bonds is 6. The van der Waals surface area contributed by atoms with Crippen LogP contribution in [0.5, 0.6) is 0 Å². The Kier molecular flexibility index (Phi) is 4.67. The number of carboxylic acid groups (broad SMARTS) is 1. The van der Waals surface area contributed by atoms with Crippen molar-refractivity contribution in [2.45, 2.75) is 25.3 Å². The minimum absolute atomic E-state index is 0.0343.